The van der Waals surface area contributed by atoms with E-state index in [-0.39, 0.29) is 6.61 Å². The van der Waals surface area contributed by atoms with E-state index in [1.54, 1.807) is 0 Å². The zero-order valence-electron chi connectivity index (χ0n) is 10.4. The lowest BCUT2D eigenvalue weighted by Crippen LogP contribution is -2.11. The topological polar surface area (TPSA) is 26.3 Å². The van der Waals surface area contributed by atoms with Crippen molar-refractivity contribution in [2.45, 2.75) is 6.42 Å². The van der Waals surface area contributed by atoms with E-state index < -0.39 is 29.0 Å². The van der Waals surface area contributed by atoms with Gasteiger partial charge in [0, 0.05) is 6.42 Å². The molecule has 0 saturated heterocycles. The molecule has 2 nitrogen and oxygen atoms in total. The molecule has 0 bridgehead atoms. The Morgan fingerprint density at radius 3 is 2.35 bits per heavy atom. The fourth-order valence-corrected chi connectivity index (χ4v) is 1.67. The van der Waals surface area contributed by atoms with Gasteiger partial charge in [-0.25, -0.2) is 18.0 Å². The molecule has 0 aromatic heterocycles. The maximum atomic E-state index is 13.3. The number of ether oxygens (including phenoxy) is 1. The number of halogens is 3. The summed E-state index contributed by atoms with van der Waals surface area (Å²) in [6.07, 6.45) is 0.456. The van der Waals surface area contributed by atoms with Crippen molar-refractivity contribution < 1.29 is 22.7 Å². The minimum Gasteiger partial charge on any atom is -0.462 e. The first-order valence-electron chi connectivity index (χ1n) is 5.94. The van der Waals surface area contributed by atoms with E-state index in [2.05, 4.69) is 0 Å². The van der Waals surface area contributed by atoms with Crippen LogP contribution in [0.2, 0.25) is 0 Å². The fraction of sp³-hybridized carbons (Fsp3) is 0.133. The molecule has 0 atom stereocenters. The van der Waals surface area contributed by atoms with Gasteiger partial charge >= 0.3 is 5.97 Å². The third-order valence-electron chi connectivity index (χ3n) is 2.72. The quantitative estimate of drug-likeness (QED) is 0.633. The van der Waals surface area contributed by atoms with Crippen molar-refractivity contribution in [3.8, 4) is 0 Å². The standard InChI is InChI=1S/C15H11F3O2/c16-12-7-6-11(13(17)14(12)18)15(19)20-9-8-10-4-2-1-3-5-10/h1-7H,8-9H2. The molecule has 0 amide bonds. The number of benzene rings is 2. The van der Waals surface area contributed by atoms with E-state index in [4.69, 9.17) is 4.74 Å². The largest absolute Gasteiger partial charge is 0.462 e. The highest BCUT2D eigenvalue weighted by molar-refractivity contribution is 5.89. The minimum absolute atomic E-state index is 0.0290. The zero-order chi connectivity index (χ0) is 14.5. The van der Waals surface area contributed by atoms with E-state index in [0.717, 1.165) is 11.6 Å². The van der Waals surface area contributed by atoms with Crippen molar-refractivity contribution in [2.24, 2.45) is 0 Å². The third-order valence-corrected chi connectivity index (χ3v) is 2.72. The molecule has 2 aromatic carbocycles. The van der Waals surface area contributed by atoms with Crippen molar-refractivity contribution in [3.05, 3.63) is 71.0 Å². The lowest BCUT2D eigenvalue weighted by molar-refractivity contribution is 0.0502. The molecular weight excluding hydrogens is 269 g/mol. The molecule has 0 fully saturated rings. The Labute approximate surface area is 113 Å². The van der Waals surface area contributed by atoms with Crippen LogP contribution in [0, 0.1) is 17.5 Å². The molecule has 0 N–H and O–H groups in total. The molecule has 0 aliphatic carbocycles. The Hall–Kier alpha value is -2.30. The van der Waals surface area contributed by atoms with Crippen LogP contribution in [0.1, 0.15) is 15.9 Å². The SMILES string of the molecule is O=C(OCCc1ccccc1)c1ccc(F)c(F)c1F. The van der Waals surface area contributed by atoms with E-state index in [9.17, 15) is 18.0 Å². The highest BCUT2D eigenvalue weighted by atomic mass is 19.2. The molecule has 0 unspecified atom stereocenters. The van der Waals surface area contributed by atoms with Gasteiger partial charge in [0.1, 0.15) is 0 Å². The van der Waals surface area contributed by atoms with Crippen molar-refractivity contribution >= 4 is 5.97 Å². The zero-order valence-corrected chi connectivity index (χ0v) is 10.4. The van der Waals surface area contributed by atoms with Gasteiger partial charge in [0.15, 0.2) is 17.5 Å². The molecule has 0 aliphatic rings. The second kappa shape index (κ2) is 6.23. The van der Waals surface area contributed by atoms with Gasteiger partial charge in [-0.2, -0.15) is 0 Å². The van der Waals surface area contributed by atoms with Gasteiger partial charge in [0.2, 0.25) is 0 Å². The van der Waals surface area contributed by atoms with Crippen LogP contribution in [0.15, 0.2) is 42.5 Å². The van der Waals surface area contributed by atoms with E-state index >= 15 is 0 Å². The summed E-state index contributed by atoms with van der Waals surface area (Å²) in [4.78, 5) is 11.6. The molecule has 5 heteroatoms. The lowest BCUT2D eigenvalue weighted by Gasteiger charge is -2.06. The fourth-order valence-electron chi connectivity index (χ4n) is 1.67. The molecule has 0 saturated carbocycles. The van der Waals surface area contributed by atoms with Gasteiger partial charge in [-0.05, 0) is 17.7 Å². The summed E-state index contributed by atoms with van der Waals surface area (Å²) in [5.74, 6) is -5.57. The van der Waals surface area contributed by atoms with Crippen molar-refractivity contribution in [1.29, 1.82) is 0 Å². The van der Waals surface area contributed by atoms with E-state index in [0.29, 0.717) is 12.5 Å². The van der Waals surface area contributed by atoms with Gasteiger partial charge in [-0.15, -0.1) is 0 Å². The third kappa shape index (κ3) is 3.17. The predicted octanol–water partition coefficient (Wildman–Crippen LogP) is 3.50. The summed E-state index contributed by atoms with van der Waals surface area (Å²) in [6.45, 7) is 0.0290. The van der Waals surface area contributed by atoms with Crippen LogP contribution in [0.3, 0.4) is 0 Å². The number of rotatable bonds is 4. The normalized spacial score (nSPS) is 10.3. The Kier molecular flexibility index (Phi) is 4.40. The summed E-state index contributed by atoms with van der Waals surface area (Å²) >= 11 is 0. The summed E-state index contributed by atoms with van der Waals surface area (Å²) in [6, 6.07) is 10.8. The number of carbonyl (C=O) groups excluding carboxylic acids is 1. The monoisotopic (exact) mass is 280 g/mol. The Morgan fingerprint density at radius 1 is 0.950 bits per heavy atom. The summed E-state index contributed by atoms with van der Waals surface area (Å²) in [5.41, 5.74) is 0.336. The van der Waals surface area contributed by atoms with Crippen molar-refractivity contribution in [1.82, 2.24) is 0 Å². The molecule has 0 aliphatic heterocycles. The maximum Gasteiger partial charge on any atom is 0.341 e. The first-order chi connectivity index (χ1) is 9.59. The van der Waals surface area contributed by atoms with E-state index in [1.165, 1.54) is 0 Å². The minimum atomic E-state index is -1.68. The lowest BCUT2D eigenvalue weighted by atomic mass is 10.1. The number of esters is 1. The number of carbonyl (C=O) groups is 1. The molecule has 104 valence electrons. The molecule has 0 spiro atoms. The molecule has 2 rings (SSSR count). The van der Waals surface area contributed by atoms with Crippen LogP contribution in [0.5, 0.6) is 0 Å². The van der Waals surface area contributed by atoms with Crippen LogP contribution in [-0.2, 0) is 11.2 Å². The smallest absolute Gasteiger partial charge is 0.341 e. The molecule has 20 heavy (non-hydrogen) atoms. The second-order valence-corrected chi connectivity index (χ2v) is 4.09. The first kappa shape index (κ1) is 14.1. The predicted molar refractivity (Wildman–Crippen MR) is 66.7 cm³/mol. The average Bonchev–Trinajstić information content (AvgIpc) is 2.46. The van der Waals surface area contributed by atoms with Gasteiger partial charge in [-0.3, -0.25) is 0 Å². The highest BCUT2D eigenvalue weighted by Crippen LogP contribution is 2.16. The first-order valence-corrected chi connectivity index (χ1v) is 5.94. The van der Waals surface area contributed by atoms with Crippen molar-refractivity contribution in [2.75, 3.05) is 6.61 Å². The Balaban J connectivity index is 1.97. The molecule has 0 heterocycles. The van der Waals surface area contributed by atoms with E-state index in [1.807, 2.05) is 30.3 Å². The van der Waals surface area contributed by atoms with Gasteiger partial charge in [-0.1, -0.05) is 30.3 Å². The number of hydrogen-bond donors (Lipinski definition) is 0. The van der Waals surface area contributed by atoms with Gasteiger partial charge in [0.05, 0.1) is 12.2 Å². The Morgan fingerprint density at radius 2 is 1.65 bits per heavy atom. The van der Waals surface area contributed by atoms with Crippen LogP contribution in [0.4, 0.5) is 13.2 Å². The second-order valence-electron chi connectivity index (χ2n) is 4.09. The molecule has 0 radical (unpaired) electrons. The van der Waals surface area contributed by atoms with Crippen LogP contribution in [-0.4, -0.2) is 12.6 Å². The Bertz CT molecular complexity index is 612. The highest BCUT2D eigenvalue weighted by Gasteiger charge is 2.19. The van der Waals surface area contributed by atoms with Crippen molar-refractivity contribution in [3.63, 3.8) is 0 Å². The van der Waals surface area contributed by atoms with Gasteiger partial charge < -0.3 is 4.74 Å². The molecular formula is C15H11F3O2. The van der Waals surface area contributed by atoms with Gasteiger partial charge in [0.25, 0.3) is 0 Å². The summed E-state index contributed by atoms with van der Waals surface area (Å²) < 4.78 is 43.9. The summed E-state index contributed by atoms with van der Waals surface area (Å²) in [7, 11) is 0. The summed E-state index contributed by atoms with van der Waals surface area (Å²) in [5, 5.41) is 0. The van der Waals surface area contributed by atoms with Crippen LogP contribution < -0.4 is 0 Å². The average molecular weight is 280 g/mol. The van der Waals surface area contributed by atoms with Crippen LogP contribution in [0.25, 0.3) is 0 Å². The molecule has 2 aromatic rings. The van der Waals surface area contributed by atoms with Crippen LogP contribution >= 0.6 is 0 Å². The maximum absolute atomic E-state index is 13.3. The number of hydrogen-bond acceptors (Lipinski definition) is 2.